The van der Waals surface area contributed by atoms with Crippen LogP contribution in [0.25, 0.3) is 33.4 Å². The number of aromatic carboxylic acids is 1. The third kappa shape index (κ3) is 7.17. The average molecular weight is 660 g/mol. The van der Waals surface area contributed by atoms with Crippen LogP contribution in [0.1, 0.15) is 10.4 Å². The van der Waals surface area contributed by atoms with Gasteiger partial charge in [0.2, 0.25) is 0 Å². The fraction of sp³-hybridized carbons (Fsp3) is 0.0909. The van der Waals surface area contributed by atoms with Crippen molar-refractivity contribution in [3.63, 3.8) is 0 Å². The first-order valence-electron chi connectivity index (χ1n) is 8.28. The summed E-state index contributed by atoms with van der Waals surface area (Å²) in [7, 11) is 0. The largest absolute Gasteiger partial charge is 1.00 e. The maximum atomic E-state index is 11.7. The van der Waals surface area contributed by atoms with Crippen LogP contribution in [0.2, 0.25) is 0 Å². The van der Waals surface area contributed by atoms with Crippen LogP contribution >= 0.6 is 45.2 Å². The second-order valence-corrected chi connectivity index (χ2v) is 5.63. The summed E-state index contributed by atoms with van der Waals surface area (Å²) in [6.45, 7) is 0. The van der Waals surface area contributed by atoms with E-state index in [4.69, 9.17) is 4.42 Å². The number of halogens is 2. The molecule has 0 radical (unpaired) electrons. The van der Waals surface area contributed by atoms with E-state index in [0.29, 0.717) is 22.1 Å². The number of carboxylic acids is 1. The Morgan fingerprint density at radius 2 is 1.52 bits per heavy atom. The van der Waals surface area contributed by atoms with Crippen LogP contribution < -0.4 is 74.8 Å². The number of carboxylic acid groups (broad SMARTS) is 1. The number of rotatable bonds is 2. The van der Waals surface area contributed by atoms with Gasteiger partial charge in [0, 0.05) is 28.1 Å². The predicted molar refractivity (Wildman–Crippen MR) is 128 cm³/mol. The molecule has 0 spiro atoms. The van der Waals surface area contributed by atoms with E-state index >= 15 is 0 Å². The molecule has 0 bridgehead atoms. The van der Waals surface area contributed by atoms with Crippen LogP contribution in [0.4, 0.5) is 0 Å². The van der Waals surface area contributed by atoms with Gasteiger partial charge in [-0.05, 0) is 33.6 Å². The molecule has 1 aliphatic carbocycles. The molecule has 0 atom stereocenters. The van der Waals surface area contributed by atoms with Gasteiger partial charge in [0.25, 0.3) is 0 Å². The molecule has 0 N–H and O–H groups in total. The molecule has 1 heterocycles. The molecule has 1 aliphatic heterocycles. The van der Waals surface area contributed by atoms with Gasteiger partial charge in [-0.2, -0.15) is 0 Å². The Morgan fingerprint density at radius 3 is 2.16 bits per heavy atom. The molecule has 0 saturated carbocycles. The normalized spacial score (nSPS) is 9.29. The number of fused-ring (bicyclic) bond motifs is 2. The Kier molecular flexibility index (Phi) is 14.8. The summed E-state index contributed by atoms with van der Waals surface area (Å²) in [5.41, 5.74) is 1.66. The summed E-state index contributed by atoms with van der Waals surface area (Å²) in [6, 6.07) is 15.0. The summed E-state index contributed by atoms with van der Waals surface area (Å²) < 4.78 is 5.71. The molecule has 2 aromatic carbocycles. The van der Waals surface area contributed by atoms with E-state index in [9.17, 15) is 19.8 Å². The van der Waals surface area contributed by atoms with Crippen molar-refractivity contribution in [2.45, 2.75) is 0 Å². The van der Waals surface area contributed by atoms with E-state index < -0.39 is 5.97 Å². The first-order chi connectivity index (χ1) is 14.0. The second kappa shape index (κ2) is 14.9. The van der Waals surface area contributed by atoms with Crippen molar-refractivity contribution in [3.05, 3.63) is 76.5 Å². The number of hydrogen-bond donors (Lipinski definition) is 0. The van der Waals surface area contributed by atoms with E-state index in [0.717, 1.165) is 0 Å². The van der Waals surface area contributed by atoms with Crippen molar-refractivity contribution >= 4 is 62.1 Å². The van der Waals surface area contributed by atoms with Crippen molar-refractivity contribution in [3.8, 4) is 28.2 Å². The SMILES string of the molecule is CI.CI.O=C([O-])c1ccccc1-c1c2ccc(=O)cc-2oc2cc([O-])ccc12.[Na+].[Na+]. The monoisotopic (exact) mass is 660 g/mol. The minimum atomic E-state index is -1.31. The first kappa shape index (κ1) is 30.9. The standard InChI is InChI=1S/C20H12O5.2CH3I.2Na/c21-11-5-7-15-17(9-11)25-18-10-12(22)6-8-16(18)19(15)13-3-1-2-4-14(13)20(23)24;2*1-2;;/h1-10,21H,(H,23,24);2*1H3;;/q;;;2*+1/p-2. The minimum absolute atomic E-state index is 0. The van der Waals surface area contributed by atoms with Crippen LogP contribution in [0.15, 0.2) is 69.9 Å². The van der Waals surface area contributed by atoms with Gasteiger partial charge >= 0.3 is 59.1 Å². The number of alkyl halides is 2. The van der Waals surface area contributed by atoms with Gasteiger partial charge in [0.1, 0.15) is 11.3 Å². The van der Waals surface area contributed by atoms with Gasteiger partial charge in [0.05, 0.1) is 5.97 Å². The molecular weight excluding hydrogens is 644 g/mol. The molecule has 2 aliphatic rings. The maximum absolute atomic E-state index is 11.7. The Hall–Kier alpha value is -0.140. The summed E-state index contributed by atoms with van der Waals surface area (Å²) in [4.78, 5) is 27.2. The molecule has 150 valence electrons. The third-order valence-electron chi connectivity index (χ3n) is 4.08. The van der Waals surface area contributed by atoms with Gasteiger partial charge in [-0.25, -0.2) is 0 Å². The number of benzene rings is 3. The van der Waals surface area contributed by atoms with Crippen molar-refractivity contribution < 1.29 is 78.5 Å². The van der Waals surface area contributed by atoms with Crippen LogP contribution in [0, 0.1) is 0 Å². The van der Waals surface area contributed by atoms with Gasteiger partial charge in [0.15, 0.2) is 5.43 Å². The van der Waals surface area contributed by atoms with Crippen molar-refractivity contribution in [1.29, 1.82) is 0 Å². The molecule has 9 heteroatoms. The predicted octanol–water partition coefficient (Wildman–Crippen LogP) is -1.89. The van der Waals surface area contributed by atoms with E-state index in [1.165, 1.54) is 30.3 Å². The zero-order chi connectivity index (χ0) is 21.6. The fourth-order valence-corrected chi connectivity index (χ4v) is 3.02. The molecule has 0 aromatic heterocycles. The first-order valence-corrected chi connectivity index (χ1v) is 12.6. The van der Waals surface area contributed by atoms with Crippen LogP contribution in [0.3, 0.4) is 0 Å². The molecule has 2 aromatic rings. The quantitative estimate of drug-likeness (QED) is 0.109. The number of carbonyl (C=O) groups is 1. The van der Waals surface area contributed by atoms with E-state index in [2.05, 4.69) is 45.2 Å². The summed E-state index contributed by atoms with van der Waals surface area (Å²) >= 11 is 4.30. The van der Waals surface area contributed by atoms with Crippen molar-refractivity contribution in [2.75, 3.05) is 9.86 Å². The van der Waals surface area contributed by atoms with Gasteiger partial charge in [-0.3, -0.25) is 4.79 Å². The smallest absolute Gasteiger partial charge is 0.872 e. The number of hydrogen-bond acceptors (Lipinski definition) is 5. The Labute approximate surface area is 251 Å². The van der Waals surface area contributed by atoms with Gasteiger partial charge < -0.3 is 19.4 Å². The fourth-order valence-electron chi connectivity index (χ4n) is 3.02. The topological polar surface area (TPSA) is 93.4 Å². The Balaban J connectivity index is 0.00000142. The summed E-state index contributed by atoms with van der Waals surface area (Å²) in [5.74, 6) is -1.26. The summed E-state index contributed by atoms with van der Waals surface area (Å²) in [6.07, 6.45) is 0. The minimum Gasteiger partial charge on any atom is -0.872 e. The van der Waals surface area contributed by atoms with Crippen LogP contribution in [-0.2, 0) is 0 Å². The number of carbonyl (C=O) groups excluding carboxylic acids is 1. The molecule has 0 unspecified atom stereocenters. The van der Waals surface area contributed by atoms with Crippen LogP contribution in [0.5, 0.6) is 5.75 Å². The van der Waals surface area contributed by atoms with Gasteiger partial charge in [-0.1, -0.05) is 81.6 Å². The van der Waals surface area contributed by atoms with Crippen molar-refractivity contribution in [1.82, 2.24) is 0 Å². The van der Waals surface area contributed by atoms with Crippen molar-refractivity contribution in [2.24, 2.45) is 0 Å². The molecule has 5 nitrogen and oxygen atoms in total. The molecule has 4 rings (SSSR count). The molecule has 0 amide bonds. The molecule has 31 heavy (non-hydrogen) atoms. The average Bonchev–Trinajstić information content (AvgIpc) is 2.74. The zero-order valence-corrected chi connectivity index (χ0v) is 25.9. The van der Waals surface area contributed by atoms with E-state index in [-0.39, 0.29) is 87.2 Å². The molecule has 0 fully saturated rings. The Bertz CT molecular complexity index is 1180. The molecule has 0 saturated heterocycles. The van der Waals surface area contributed by atoms with E-state index in [1.807, 2.05) is 9.86 Å². The molecular formula is C22H16I2Na2O5. The maximum Gasteiger partial charge on any atom is 1.00 e. The van der Waals surface area contributed by atoms with Crippen LogP contribution in [-0.4, -0.2) is 15.8 Å². The van der Waals surface area contributed by atoms with Gasteiger partial charge in [-0.15, -0.1) is 5.75 Å². The van der Waals surface area contributed by atoms with E-state index in [1.54, 1.807) is 30.3 Å². The third-order valence-corrected chi connectivity index (χ3v) is 4.08. The Morgan fingerprint density at radius 1 is 0.871 bits per heavy atom. The summed E-state index contributed by atoms with van der Waals surface area (Å²) in [5, 5.41) is 23.8. The second-order valence-electron chi connectivity index (χ2n) is 5.63. The zero-order valence-electron chi connectivity index (χ0n) is 17.6.